The highest BCUT2D eigenvalue weighted by molar-refractivity contribution is 6.29. The Morgan fingerprint density at radius 3 is 2.40 bits per heavy atom. The van der Waals surface area contributed by atoms with Crippen LogP contribution in [0.3, 0.4) is 0 Å². The van der Waals surface area contributed by atoms with E-state index in [1.165, 1.54) is 0 Å². The normalized spacial score (nSPS) is 13.1. The molecule has 1 aromatic heterocycles. The number of pyridine rings is 1. The summed E-state index contributed by atoms with van der Waals surface area (Å²) in [4.78, 5) is 3.87. The largest absolute Gasteiger partial charge is 0.416 e. The van der Waals surface area contributed by atoms with Crippen LogP contribution in [0.4, 0.5) is 19.0 Å². The van der Waals surface area contributed by atoms with Gasteiger partial charge in [-0.25, -0.2) is 4.98 Å². The lowest BCUT2D eigenvalue weighted by atomic mass is 10.1. The summed E-state index contributed by atoms with van der Waals surface area (Å²) in [7, 11) is 0. The van der Waals surface area contributed by atoms with Gasteiger partial charge in [-0.1, -0.05) is 41.9 Å². The van der Waals surface area contributed by atoms with Gasteiger partial charge in [0, 0.05) is 6.04 Å². The maximum absolute atomic E-state index is 12.7. The fourth-order valence-electron chi connectivity index (χ4n) is 1.78. The molecule has 1 unspecified atom stereocenters. The zero-order valence-corrected chi connectivity index (χ0v) is 11.3. The van der Waals surface area contributed by atoms with Gasteiger partial charge in [0.25, 0.3) is 0 Å². The minimum atomic E-state index is -4.45. The van der Waals surface area contributed by atoms with E-state index in [0.717, 1.165) is 17.7 Å². The molecule has 1 N–H and O–H groups in total. The standard InChI is InChI=1S/C14H12ClF3N2/c1-9(10-5-3-2-4-6-10)19-13-8-11(14(16,17)18)7-12(15)20-13/h2-9H,1H3,(H,19,20). The topological polar surface area (TPSA) is 24.9 Å². The molecule has 0 fully saturated rings. The lowest BCUT2D eigenvalue weighted by molar-refractivity contribution is -0.137. The third-order valence-electron chi connectivity index (χ3n) is 2.79. The molecule has 0 aliphatic heterocycles. The van der Waals surface area contributed by atoms with Crippen molar-refractivity contribution in [2.75, 3.05) is 5.32 Å². The zero-order valence-electron chi connectivity index (χ0n) is 10.6. The van der Waals surface area contributed by atoms with E-state index in [9.17, 15) is 13.2 Å². The Morgan fingerprint density at radius 1 is 1.15 bits per heavy atom. The minimum Gasteiger partial charge on any atom is -0.363 e. The summed E-state index contributed by atoms with van der Waals surface area (Å²) >= 11 is 5.63. The number of nitrogens with one attached hydrogen (secondary N) is 1. The Kier molecular flexibility index (Phi) is 4.18. The fourth-order valence-corrected chi connectivity index (χ4v) is 1.99. The number of hydrogen-bond donors (Lipinski definition) is 1. The van der Waals surface area contributed by atoms with Crippen molar-refractivity contribution in [1.29, 1.82) is 0 Å². The van der Waals surface area contributed by atoms with Gasteiger partial charge < -0.3 is 5.32 Å². The van der Waals surface area contributed by atoms with Gasteiger partial charge in [-0.3, -0.25) is 0 Å². The molecule has 0 amide bonds. The van der Waals surface area contributed by atoms with Gasteiger partial charge in [0.15, 0.2) is 0 Å². The summed E-state index contributed by atoms with van der Waals surface area (Å²) in [5, 5.41) is 2.72. The van der Waals surface area contributed by atoms with Crippen LogP contribution < -0.4 is 5.32 Å². The second-order valence-corrected chi connectivity index (χ2v) is 4.73. The highest BCUT2D eigenvalue weighted by atomic mass is 35.5. The molecule has 0 bridgehead atoms. The lowest BCUT2D eigenvalue weighted by Gasteiger charge is -2.16. The van der Waals surface area contributed by atoms with Crippen LogP contribution in [0.5, 0.6) is 0 Å². The zero-order chi connectivity index (χ0) is 14.8. The number of benzene rings is 1. The number of aromatic nitrogens is 1. The van der Waals surface area contributed by atoms with Gasteiger partial charge in [0.05, 0.1) is 5.56 Å². The van der Waals surface area contributed by atoms with Crippen molar-refractivity contribution in [3.63, 3.8) is 0 Å². The minimum absolute atomic E-state index is 0.0983. The van der Waals surface area contributed by atoms with E-state index in [1.54, 1.807) is 0 Å². The van der Waals surface area contributed by atoms with Crippen LogP contribution >= 0.6 is 11.6 Å². The molecule has 0 saturated carbocycles. The molecule has 1 aromatic carbocycles. The second kappa shape index (κ2) is 5.71. The molecule has 0 radical (unpaired) electrons. The number of halogens is 4. The van der Waals surface area contributed by atoms with Crippen molar-refractivity contribution in [3.05, 3.63) is 58.7 Å². The number of rotatable bonds is 3. The third kappa shape index (κ3) is 3.63. The second-order valence-electron chi connectivity index (χ2n) is 4.34. The summed E-state index contributed by atoms with van der Waals surface area (Å²) in [6, 6.07) is 10.9. The van der Waals surface area contributed by atoms with Crippen molar-refractivity contribution >= 4 is 17.4 Å². The maximum atomic E-state index is 12.7. The average molecular weight is 301 g/mol. The first-order valence-corrected chi connectivity index (χ1v) is 6.30. The summed E-state index contributed by atoms with van der Waals surface area (Å²) in [5.41, 5.74) is 0.128. The SMILES string of the molecule is CC(Nc1cc(C(F)(F)F)cc(Cl)n1)c1ccccc1. The summed E-state index contributed by atoms with van der Waals surface area (Å²) in [6.07, 6.45) is -4.45. The van der Waals surface area contributed by atoms with E-state index in [0.29, 0.717) is 0 Å². The van der Waals surface area contributed by atoms with Crippen LogP contribution in [-0.2, 0) is 6.18 Å². The fraction of sp³-hybridized carbons (Fsp3) is 0.214. The Morgan fingerprint density at radius 2 is 1.80 bits per heavy atom. The van der Waals surface area contributed by atoms with Crippen LogP contribution in [0.15, 0.2) is 42.5 Å². The predicted octanol–water partition coefficient (Wildman–Crippen LogP) is 4.93. The molecule has 0 aliphatic carbocycles. The monoisotopic (exact) mass is 300 g/mol. The van der Waals surface area contributed by atoms with Crippen LogP contribution in [0, 0.1) is 0 Å². The smallest absolute Gasteiger partial charge is 0.363 e. The lowest BCUT2D eigenvalue weighted by Crippen LogP contribution is -2.11. The number of hydrogen-bond acceptors (Lipinski definition) is 2. The number of alkyl halides is 3. The van der Waals surface area contributed by atoms with Gasteiger partial charge in [0.2, 0.25) is 0 Å². The van der Waals surface area contributed by atoms with E-state index >= 15 is 0 Å². The van der Waals surface area contributed by atoms with Gasteiger partial charge >= 0.3 is 6.18 Å². The van der Waals surface area contributed by atoms with Gasteiger partial charge in [-0.15, -0.1) is 0 Å². The first-order valence-electron chi connectivity index (χ1n) is 5.92. The molecular formula is C14H12ClF3N2. The quantitative estimate of drug-likeness (QED) is 0.813. The molecular weight excluding hydrogens is 289 g/mol. The third-order valence-corrected chi connectivity index (χ3v) is 2.98. The highest BCUT2D eigenvalue weighted by Gasteiger charge is 2.31. The molecule has 0 spiro atoms. The van der Waals surface area contributed by atoms with Crippen LogP contribution in [0.25, 0.3) is 0 Å². The van der Waals surface area contributed by atoms with Gasteiger partial charge in [0.1, 0.15) is 11.0 Å². The molecule has 2 aromatic rings. The first kappa shape index (κ1) is 14.7. The van der Waals surface area contributed by atoms with Crippen molar-refractivity contribution in [3.8, 4) is 0 Å². The van der Waals surface area contributed by atoms with Crippen molar-refractivity contribution < 1.29 is 13.2 Å². The average Bonchev–Trinajstić information content (AvgIpc) is 2.38. The van der Waals surface area contributed by atoms with E-state index < -0.39 is 11.7 Å². The van der Waals surface area contributed by atoms with Crippen LogP contribution in [-0.4, -0.2) is 4.98 Å². The van der Waals surface area contributed by atoms with Crippen molar-refractivity contribution in [2.45, 2.75) is 19.1 Å². The first-order chi connectivity index (χ1) is 9.36. The molecule has 6 heteroatoms. The summed E-state index contributed by atoms with van der Waals surface area (Å²) in [6.45, 7) is 1.84. The molecule has 20 heavy (non-hydrogen) atoms. The van der Waals surface area contributed by atoms with Crippen molar-refractivity contribution in [2.24, 2.45) is 0 Å². The van der Waals surface area contributed by atoms with Crippen LogP contribution in [0.2, 0.25) is 5.15 Å². The highest BCUT2D eigenvalue weighted by Crippen LogP contribution is 2.32. The van der Waals surface area contributed by atoms with E-state index in [-0.39, 0.29) is 17.0 Å². The molecule has 2 rings (SSSR count). The molecule has 106 valence electrons. The van der Waals surface area contributed by atoms with E-state index in [1.807, 2.05) is 37.3 Å². The summed E-state index contributed by atoms with van der Waals surface area (Å²) in [5.74, 6) is 0.0983. The Balaban J connectivity index is 2.24. The predicted molar refractivity (Wildman–Crippen MR) is 72.7 cm³/mol. The van der Waals surface area contributed by atoms with Crippen LogP contribution in [0.1, 0.15) is 24.1 Å². The van der Waals surface area contributed by atoms with Gasteiger partial charge in [-0.2, -0.15) is 13.2 Å². The maximum Gasteiger partial charge on any atom is 0.416 e. The van der Waals surface area contributed by atoms with E-state index in [2.05, 4.69) is 10.3 Å². The Hall–Kier alpha value is -1.75. The van der Waals surface area contributed by atoms with Crippen molar-refractivity contribution in [1.82, 2.24) is 4.98 Å². The molecule has 1 atom stereocenters. The molecule has 1 heterocycles. The number of nitrogens with zero attached hydrogens (tertiary/aromatic N) is 1. The Bertz CT molecular complexity index is 585. The Labute approximate surface area is 119 Å². The van der Waals surface area contributed by atoms with Gasteiger partial charge in [-0.05, 0) is 24.6 Å². The molecule has 0 aliphatic rings. The van der Waals surface area contributed by atoms with E-state index in [4.69, 9.17) is 11.6 Å². The summed E-state index contributed by atoms with van der Waals surface area (Å²) < 4.78 is 38.1. The molecule has 0 saturated heterocycles. The number of anilines is 1. The molecule has 2 nitrogen and oxygen atoms in total.